The molecule has 1 aliphatic carbocycles. The van der Waals surface area contributed by atoms with Gasteiger partial charge in [-0.05, 0) is 11.1 Å². The second-order valence-corrected chi connectivity index (χ2v) is 1.73. The summed E-state index contributed by atoms with van der Waals surface area (Å²) in [6, 6.07) is 0. The molecular weight excluding hydrogens is 124 g/mol. The van der Waals surface area contributed by atoms with Gasteiger partial charge in [0, 0.05) is 6.42 Å². The standard InChI is InChI=1S/C7H8O.C2H6/c1-3-8-5-7-4-6(7)2;1-2/h3,5H,1-2,4H2;1-2H3. The van der Waals surface area contributed by atoms with Crippen molar-refractivity contribution in [2.45, 2.75) is 20.3 Å². The van der Waals surface area contributed by atoms with Crippen LogP contribution in [0.15, 0.2) is 36.8 Å². The molecule has 0 radical (unpaired) electrons. The van der Waals surface area contributed by atoms with Crippen LogP contribution in [0.1, 0.15) is 20.3 Å². The van der Waals surface area contributed by atoms with Gasteiger partial charge in [-0.15, -0.1) is 0 Å². The monoisotopic (exact) mass is 138 g/mol. The maximum Gasteiger partial charge on any atom is 0.0939 e. The van der Waals surface area contributed by atoms with Crippen LogP contribution >= 0.6 is 0 Å². The summed E-state index contributed by atoms with van der Waals surface area (Å²) in [4.78, 5) is 0. The fourth-order valence-corrected chi connectivity index (χ4v) is 0.441. The topological polar surface area (TPSA) is 9.23 Å². The van der Waals surface area contributed by atoms with Crippen LogP contribution in [0.5, 0.6) is 0 Å². The lowest BCUT2D eigenvalue weighted by molar-refractivity contribution is 0.403. The summed E-state index contributed by atoms with van der Waals surface area (Å²) in [7, 11) is 0. The summed E-state index contributed by atoms with van der Waals surface area (Å²) in [5, 5.41) is 0. The molecule has 0 amide bonds. The van der Waals surface area contributed by atoms with E-state index in [9.17, 15) is 0 Å². The van der Waals surface area contributed by atoms with E-state index in [4.69, 9.17) is 4.74 Å². The Balaban J connectivity index is 0.000000371. The third-order valence-electron chi connectivity index (χ3n) is 1.04. The van der Waals surface area contributed by atoms with Crippen LogP contribution < -0.4 is 0 Å². The Morgan fingerprint density at radius 2 is 2.00 bits per heavy atom. The minimum Gasteiger partial charge on any atom is -0.473 e. The molecule has 0 bridgehead atoms. The molecular formula is C9H14O. The van der Waals surface area contributed by atoms with Gasteiger partial charge in [0.15, 0.2) is 0 Å². The number of ether oxygens (including phenoxy) is 1. The van der Waals surface area contributed by atoms with Crippen LogP contribution in [0.4, 0.5) is 0 Å². The van der Waals surface area contributed by atoms with Crippen molar-refractivity contribution in [1.82, 2.24) is 0 Å². The van der Waals surface area contributed by atoms with E-state index in [2.05, 4.69) is 13.2 Å². The van der Waals surface area contributed by atoms with Crippen LogP contribution in [0.3, 0.4) is 0 Å². The van der Waals surface area contributed by atoms with Gasteiger partial charge >= 0.3 is 0 Å². The lowest BCUT2D eigenvalue weighted by Gasteiger charge is -1.80. The Hall–Kier alpha value is -0.980. The highest BCUT2D eigenvalue weighted by Gasteiger charge is 2.17. The summed E-state index contributed by atoms with van der Waals surface area (Å²) in [5.41, 5.74) is 2.37. The molecule has 0 saturated heterocycles. The van der Waals surface area contributed by atoms with Crippen molar-refractivity contribution in [3.8, 4) is 0 Å². The van der Waals surface area contributed by atoms with E-state index < -0.39 is 0 Å². The van der Waals surface area contributed by atoms with E-state index in [1.165, 1.54) is 17.4 Å². The molecule has 0 unspecified atom stereocenters. The van der Waals surface area contributed by atoms with Gasteiger partial charge in [-0.25, -0.2) is 0 Å². The van der Waals surface area contributed by atoms with Crippen molar-refractivity contribution in [1.29, 1.82) is 0 Å². The average molecular weight is 138 g/mol. The van der Waals surface area contributed by atoms with Crippen molar-refractivity contribution in [2.75, 3.05) is 0 Å². The van der Waals surface area contributed by atoms with Crippen LogP contribution in [0.25, 0.3) is 0 Å². The summed E-state index contributed by atoms with van der Waals surface area (Å²) < 4.78 is 4.77. The Kier molecular flexibility index (Phi) is 4.38. The zero-order valence-electron chi connectivity index (χ0n) is 6.68. The third-order valence-corrected chi connectivity index (χ3v) is 1.04. The van der Waals surface area contributed by atoms with Crippen LogP contribution in [0, 0.1) is 0 Å². The molecule has 0 atom stereocenters. The van der Waals surface area contributed by atoms with E-state index in [-0.39, 0.29) is 0 Å². The molecule has 1 nitrogen and oxygen atoms in total. The maximum absolute atomic E-state index is 4.77. The molecule has 0 heterocycles. The number of allylic oxidation sites excluding steroid dienone is 2. The normalized spacial score (nSPS) is 17.4. The molecule has 0 aromatic rings. The SMILES string of the molecule is C=COC=C1CC1=C.CC. The number of hydrogen-bond donors (Lipinski definition) is 0. The molecule has 1 heteroatoms. The molecule has 1 fully saturated rings. The second kappa shape index (κ2) is 4.86. The smallest absolute Gasteiger partial charge is 0.0939 e. The van der Waals surface area contributed by atoms with Crippen LogP contribution in [0.2, 0.25) is 0 Å². The minimum atomic E-state index is 1.01. The first kappa shape index (κ1) is 9.02. The van der Waals surface area contributed by atoms with E-state index >= 15 is 0 Å². The predicted molar refractivity (Wildman–Crippen MR) is 44.5 cm³/mol. The van der Waals surface area contributed by atoms with E-state index in [1.807, 2.05) is 13.8 Å². The molecule has 0 aromatic heterocycles. The molecule has 1 rings (SSSR count). The van der Waals surface area contributed by atoms with Gasteiger partial charge in [0.1, 0.15) is 0 Å². The number of rotatable bonds is 2. The Morgan fingerprint density at radius 3 is 2.30 bits per heavy atom. The first-order chi connectivity index (χ1) is 4.84. The van der Waals surface area contributed by atoms with Crippen molar-refractivity contribution in [3.05, 3.63) is 36.8 Å². The van der Waals surface area contributed by atoms with Gasteiger partial charge in [-0.1, -0.05) is 27.0 Å². The Labute approximate surface area is 62.7 Å². The molecule has 1 saturated carbocycles. The second-order valence-electron chi connectivity index (χ2n) is 1.73. The first-order valence-corrected chi connectivity index (χ1v) is 3.48. The highest BCUT2D eigenvalue weighted by Crippen LogP contribution is 2.34. The zero-order chi connectivity index (χ0) is 7.98. The quantitative estimate of drug-likeness (QED) is 0.533. The van der Waals surface area contributed by atoms with Gasteiger partial charge in [0.25, 0.3) is 0 Å². The van der Waals surface area contributed by atoms with Crippen molar-refractivity contribution in [2.24, 2.45) is 0 Å². The van der Waals surface area contributed by atoms with Crippen molar-refractivity contribution < 1.29 is 4.74 Å². The van der Waals surface area contributed by atoms with Gasteiger partial charge in [0.05, 0.1) is 12.5 Å². The zero-order valence-corrected chi connectivity index (χ0v) is 6.68. The molecule has 56 valence electrons. The Morgan fingerprint density at radius 1 is 1.50 bits per heavy atom. The number of hydrogen-bond acceptors (Lipinski definition) is 1. The molecule has 0 aliphatic heterocycles. The molecule has 0 N–H and O–H groups in total. The minimum absolute atomic E-state index is 1.01. The van der Waals surface area contributed by atoms with Crippen molar-refractivity contribution >= 4 is 0 Å². The van der Waals surface area contributed by atoms with Crippen LogP contribution in [-0.4, -0.2) is 0 Å². The van der Waals surface area contributed by atoms with Gasteiger partial charge < -0.3 is 4.74 Å². The van der Waals surface area contributed by atoms with Crippen LogP contribution in [-0.2, 0) is 4.74 Å². The Bertz CT molecular complexity index is 154. The highest BCUT2D eigenvalue weighted by molar-refractivity contribution is 5.47. The van der Waals surface area contributed by atoms with Gasteiger partial charge in [-0.2, -0.15) is 0 Å². The summed E-state index contributed by atoms with van der Waals surface area (Å²) in [6.45, 7) is 11.1. The average Bonchev–Trinajstić information content (AvgIpc) is 2.67. The van der Waals surface area contributed by atoms with Gasteiger partial charge in [0.2, 0.25) is 0 Å². The summed E-state index contributed by atoms with van der Waals surface area (Å²) >= 11 is 0. The fourth-order valence-electron chi connectivity index (χ4n) is 0.441. The van der Waals surface area contributed by atoms with E-state index in [1.54, 1.807) is 6.26 Å². The molecule has 10 heavy (non-hydrogen) atoms. The summed E-state index contributed by atoms with van der Waals surface area (Å²) in [6.07, 6.45) is 4.09. The molecule has 1 aliphatic rings. The van der Waals surface area contributed by atoms with Gasteiger partial charge in [-0.3, -0.25) is 0 Å². The predicted octanol–water partition coefficient (Wildman–Crippen LogP) is 3.02. The lowest BCUT2D eigenvalue weighted by atomic mass is 10.6. The van der Waals surface area contributed by atoms with Crippen molar-refractivity contribution in [3.63, 3.8) is 0 Å². The third kappa shape index (κ3) is 3.13. The molecule has 0 aromatic carbocycles. The largest absolute Gasteiger partial charge is 0.473 e. The lowest BCUT2D eigenvalue weighted by Crippen LogP contribution is -1.58. The highest BCUT2D eigenvalue weighted by atomic mass is 16.5. The van der Waals surface area contributed by atoms with E-state index in [0.717, 1.165) is 6.42 Å². The molecule has 0 spiro atoms. The maximum atomic E-state index is 4.77. The van der Waals surface area contributed by atoms with E-state index in [0.29, 0.717) is 0 Å². The fraction of sp³-hybridized carbons (Fsp3) is 0.333. The first-order valence-electron chi connectivity index (χ1n) is 3.48. The summed E-state index contributed by atoms with van der Waals surface area (Å²) in [5.74, 6) is 0.